The number of alkyl halides is 1. The molecular formula is C30H36BrN3O5S. The van der Waals surface area contributed by atoms with Gasteiger partial charge in [-0.05, 0) is 49.1 Å². The number of carbonyl (C=O) groups excluding carboxylic acids is 3. The Labute approximate surface area is 247 Å². The normalized spacial score (nSPS) is 29.4. The fraction of sp³-hybridized carbons (Fsp3) is 0.500. The van der Waals surface area contributed by atoms with E-state index in [1.54, 1.807) is 40.9 Å². The van der Waals surface area contributed by atoms with Gasteiger partial charge < -0.3 is 25.4 Å². The number of aliphatic hydroxyl groups excluding tert-OH is 1. The lowest BCUT2D eigenvalue weighted by Crippen LogP contribution is -2.57. The number of amides is 3. The van der Waals surface area contributed by atoms with Gasteiger partial charge >= 0.3 is 0 Å². The monoisotopic (exact) mass is 629 g/mol. The van der Waals surface area contributed by atoms with Crippen LogP contribution in [-0.4, -0.2) is 67.8 Å². The van der Waals surface area contributed by atoms with Crippen molar-refractivity contribution in [2.24, 2.45) is 17.8 Å². The van der Waals surface area contributed by atoms with Crippen LogP contribution in [0.4, 0.5) is 5.69 Å². The first-order valence-electron chi connectivity index (χ1n) is 13.8. The first-order valence-corrected chi connectivity index (χ1v) is 15.6. The van der Waals surface area contributed by atoms with Gasteiger partial charge in [0.1, 0.15) is 11.8 Å². The van der Waals surface area contributed by atoms with Gasteiger partial charge in [0.05, 0.1) is 35.8 Å². The van der Waals surface area contributed by atoms with Crippen molar-refractivity contribution in [3.05, 3.63) is 60.2 Å². The van der Waals surface area contributed by atoms with E-state index < -0.39 is 28.7 Å². The lowest BCUT2D eigenvalue weighted by Gasteiger charge is -2.38. The number of ether oxygens (including phenoxy) is 1. The highest BCUT2D eigenvalue weighted by atomic mass is 79.9. The van der Waals surface area contributed by atoms with Crippen LogP contribution in [0.3, 0.4) is 0 Å². The SMILES string of the molecule is CCOc1ccc(NC(=O)[C@H]2[C@H]3C(=O)N([C@@H](CO)C(C)C)C(C(=O)NCc4ccccc4)C34CC(Br)[C@@H]2S4)cc1. The summed E-state index contributed by atoms with van der Waals surface area (Å²) in [7, 11) is 0. The van der Waals surface area contributed by atoms with Crippen LogP contribution in [-0.2, 0) is 20.9 Å². The molecule has 3 amide bonds. The number of nitrogens with one attached hydrogen (secondary N) is 2. The molecule has 3 aliphatic heterocycles. The second-order valence-electron chi connectivity index (χ2n) is 11.1. The number of benzene rings is 2. The number of nitrogens with zero attached hydrogens (tertiary/aromatic N) is 1. The second kappa shape index (κ2) is 11.7. The van der Waals surface area contributed by atoms with E-state index in [2.05, 4.69) is 26.6 Å². The molecule has 10 heteroatoms. The minimum atomic E-state index is -0.799. The molecule has 2 bridgehead atoms. The molecule has 0 saturated carbocycles. The second-order valence-corrected chi connectivity index (χ2v) is 13.8. The Morgan fingerprint density at radius 3 is 2.48 bits per heavy atom. The van der Waals surface area contributed by atoms with Crippen molar-refractivity contribution in [2.75, 3.05) is 18.5 Å². The van der Waals surface area contributed by atoms with E-state index in [-0.39, 0.29) is 40.3 Å². The average molecular weight is 631 g/mol. The van der Waals surface area contributed by atoms with E-state index in [1.165, 1.54) is 0 Å². The molecule has 40 heavy (non-hydrogen) atoms. The van der Waals surface area contributed by atoms with Gasteiger partial charge in [-0.25, -0.2) is 0 Å². The minimum Gasteiger partial charge on any atom is -0.494 e. The van der Waals surface area contributed by atoms with Crippen LogP contribution in [0.5, 0.6) is 5.75 Å². The summed E-state index contributed by atoms with van der Waals surface area (Å²) >= 11 is 5.38. The van der Waals surface area contributed by atoms with Crippen molar-refractivity contribution < 1.29 is 24.2 Å². The number of likely N-dealkylation sites (tertiary alicyclic amines) is 1. The van der Waals surface area contributed by atoms with Crippen LogP contribution < -0.4 is 15.4 Å². The van der Waals surface area contributed by atoms with Gasteiger partial charge in [0.2, 0.25) is 17.7 Å². The number of rotatable bonds is 10. The molecule has 3 heterocycles. The van der Waals surface area contributed by atoms with Crippen LogP contribution >= 0.6 is 27.7 Å². The summed E-state index contributed by atoms with van der Waals surface area (Å²) in [5.74, 6) is -1.37. The standard InChI is InChI=1S/C30H36BrN3O5S/c1-4-39-20-12-10-19(11-13-20)33-27(36)23-24-29(38)34(22(16-35)17(2)3)26(30(24)14-21(31)25(23)40-30)28(37)32-15-18-8-6-5-7-9-18/h5-13,17,21-26,35H,4,14-16H2,1-3H3,(H,32,37)(H,33,36)/t21?,22-,23-,24-,25-,26?,30?/m0/s1. The van der Waals surface area contributed by atoms with E-state index in [4.69, 9.17) is 4.74 Å². The largest absolute Gasteiger partial charge is 0.494 e. The Morgan fingerprint density at radius 2 is 1.85 bits per heavy atom. The summed E-state index contributed by atoms with van der Waals surface area (Å²) in [6.45, 7) is 6.40. The molecule has 3 N–H and O–H groups in total. The minimum absolute atomic E-state index is 0.0337. The van der Waals surface area contributed by atoms with Gasteiger partial charge in [0.15, 0.2) is 0 Å². The van der Waals surface area contributed by atoms with Gasteiger partial charge in [0, 0.05) is 22.3 Å². The Morgan fingerprint density at radius 1 is 1.15 bits per heavy atom. The number of hydrogen-bond acceptors (Lipinski definition) is 6. The number of fused-ring (bicyclic) bond motifs is 1. The number of thioether (sulfide) groups is 1. The van der Waals surface area contributed by atoms with Crippen LogP contribution in [0.2, 0.25) is 0 Å². The van der Waals surface area contributed by atoms with Crippen LogP contribution in [0.15, 0.2) is 54.6 Å². The first kappa shape index (κ1) is 29.0. The molecule has 3 saturated heterocycles. The van der Waals surface area contributed by atoms with Gasteiger partial charge in [-0.15, -0.1) is 11.8 Å². The van der Waals surface area contributed by atoms with Crippen molar-refractivity contribution in [3.8, 4) is 5.75 Å². The molecule has 0 aromatic heterocycles. The average Bonchev–Trinajstić information content (AvgIpc) is 3.53. The van der Waals surface area contributed by atoms with Crippen molar-refractivity contribution in [3.63, 3.8) is 0 Å². The number of halogens is 1. The summed E-state index contributed by atoms with van der Waals surface area (Å²) in [5.41, 5.74) is 1.58. The van der Waals surface area contributed by atoms with Crippen LogP contribution in [0.1, 0.15) is 32.8 Å². The summed E-state index contributed by atoms with van der Waals surface area (Å²) in [6, 6.07) is 15.5. The fourth-order valence-electron chi connectivity index (χ4n) is 6.55. The maximum atomic E-state index is 14.3. The van der Waals surface area contributed by atoms with Crippen molar-refractivity contribution in [2.45, 2.75) is 60.6 Å². The lowest BCUT2D eigenvalue weighted by atomic mass is 9.70. The van der Waals surface area contributed by atoms with E-state index in [0.29, 0.717) is 31.0 Å². The molecule has 214 valence electrons. The summed E-state index contributed by atoms with van der Waals surface area (Å²) in [6.07, 6.45) is 0.585. The van der Waals surface area contributed by atoms with Crippen LogP contribution in [0, 0.1) is 17.8 Å². The third-order valence-electron chi connectivity index (χ3n) is 8.33. The maximum Gasteiger partial charge on any atom is 0.244 e. The number of hydrogen-bond donors (Lipinski definition) is 3. The lowest BCUT2D eigenvalue weighted by molar-refractivity contribution is -0.143. The molecule has 7 atom stereocenters. The van der Waals surface area contributed by atoms with E-state index in [0.717, 1.165) is 5.56 Å². The zero-order valence-electron chi connectivity index (χ0n) is 22.9. The number of anilines is 1. The zero-order valence-corrected chi connectivity index (χ0v) is 25.3. The molecule has 2 aromatic carbocycles. The highest BCUT2D eigenvalue weighted by Crippen LogP contribution is 2.68. The third kappa shape index (κ3) is 5.03. The fourth-order valence-corrected chi connectivity index (χ4v) is 10.2. The molecule has 1 spiro atoms. The predicted octanol–water partition coefficient (Wildman–Crippen LogP) is 3.82. The zero-order chi connectivity index (χ0) is 28.6. The summed E-state index contributed by atoms with van der Waals surface area (Å²) in [5, 5.41) is 16.3. The molecule has 8 nitrogen and oxygen atoms in total. The number of aliphatic hydroxyl groups is 1. The predicted molar refractivity (Wildman–Crippen MR) is 159 cm³/mol. The number of carbonyl (C=O) groups is 3. The van der Waals surface area contributed by atoms with Gasteiger partial charge in [-0.2, -0.15) is 0 Å². The van der Waals surface area contributed by atoms with Crippen LogP contribution in [0.25, 0.3) is 0 Å². The Kier molecular flexibility index (Phi) is 8.50. The molecule has 3 aliphatic rings. The summed E-state index contributed by atoms with van der Waals surface area (Å²) < 4.78 is 4.73. The summed E-state index contributed by atoms with van der Waals surface area (Å²) in [4.78, 5) is 43.6. The Hall–Kier alpha value is -2.56. The maximum absolute atomic E-state index is 14.3. The third-order valence-corrected chi connectivity index (χ3v) is 11.6. The topological polar surface area (TPSA) is 108 Å². The van der Waals surface area contributed by atoms with Gasteiger partial charge in [0.25, 0.3) is 0 Å². The van der Waals surface area contributed by atoms with E-state index in [1.807, 2.05) is 51.1 Å². The van der Waals surface area contributed by atoms with Gasteiger partial charge in [-0.1, -0.05) is 60.1 Å². The molecule has 3 fully saturated rings. The highest BCUT2D eigenvalue weighted by Gasteiger charge is 2.76. The molecular weight excluding hydrogens is 594 g/mol. The first-order chi connectivity index (χ1) is 19.2. The molecule has 3 unspecified atom stereocenters. The van der Waals surface area contributed by atoms with E-state index >= 15 is 0 Å². The molecule has 0 radical (unpaired) electrons. The van der Waals surface area contributed by atoms with Crippen molar-refractivity contribution >= 4 is 51.1 Å². The Balaban J connectivity index is 1.46. The smallest absolute Gasteiger partial charge is 0.244 e. The molecule has 0 aliphatic carbocycles. The van der Waals surface area contributed by atoms with Gasteiger partial charge in [-0.3, -0.25) is 14.4 Å². The van der Waals surface area contributed by atoms with Crippen molar-refractivity contribution in [1.82, 2.24) is 10.2 Å². The Bertz CT molecular complexity index is 1250. The van der Waals surface area contributed by atoms with E-state index in [9.17, 15) is 19.5 Å². The molecule has 5 rings (SSSR count). The highest BCUT2D eigenvalue weighted by molar-refractivity contribution is 9.09. The van der Waals surface area contributed by atoms with Crippen molar-refractivity contribution in [1.29, 1.82) is 0 Å². The molecule has 2 aromatic rings. The quantitative estimate of drug-likeness (QED) is 0.345.